The topological polar surface area (TPSA) is 66.5 Å². The normalized spacial score (nSPS) is 40.5. The first-order chi connectivity index (χ1) is 4.70. The fraction of sp³-hybridized carbons (Fsp3) is 1.00. The third-order valence-corrected chi connectivity index (χ3v) is 2.32. The SMILES string of the molecule is NC1(CO)CCC(CO)C1. The van der Waals surface area contributed by atoms with Crippen LogP contribution < -0.4 is 5.73 Å². The lowest BCUT2D eigenvalue weighted by atomic mass is 9.99. The number of rotatable bonds is 2. The van der Waals surface area contributed by atoms with Gasteiger partial charge in [-0.2, -0.15) is 0 Å². The maximum atomic E-state index is 8.83. The molecule has 60 valence electrons. The van der Waals surface area contributed by atoms with Crippen molar-refractivity contribution < 1.29 is 10.2 Å². The summed E-state index contributed by atoms with van der Waals surface area (Å²) in [5.74, 6) is 0.317. The number of hydrogen-bond donors (Lipinski definition) is 3. The third kappa shape index (κ3) is 1.48. The Morgan fingerprint density at radius 2 is 2.20 bits per heavy atom. The van der Waals surface area contributed by atoms with Crippen molar-refractivity contribution in [3.8, 4) is 0 Å². The Morgan fingerprint density at radius 1 is 1.50 bits per heavy atom. The summed E-state index contributed by atoms with van der Waals surface area (Å²) in [5.41, 5.74) is 5.37. The van der Waals surface area contributed by atoms with E-state index in [2.05, 4.69) is 0 Å². The average Bonchev–Trinajstić information content (AvgIpc) is 2.33. The van der Waals surface area contributed by atoms with Crippen LogP contribution in [-0.4, -0.2) is 29.0 Å². The van der Waals surface area contributed by atoms with Crippen molar-refractivity contribution in [2.45, 2.75) is 24.8 Å². The molecule has 4 N–H and O–H groups in total. The summed E-state index contributed by atoms with van der Waals surface area (Å²) in [4.78, 5) is 0. The Morgan fingerprint density at radius 3 is 2.50 bits per heavy atom. The van der Waals surface area contributed by atoms with E-state index in [1.165, 1.54) is 0 Å². The van der Waals surface area contributed by atoms with E-state index in [1.54, 1.807) is 0 Å². The lowest BCUT2D eigenvalue weighted by Gasteiger charge is -2.20. The minimum absolute atomic E-state index is 0.0451. The van der Waals surface area contributed by atoms with Crippen LogP contribution in [0.5, 0.6) is 0 Å². The van der Waals surface area contributed by atoms with Crippen LogP contribution in [0.15, 0.2) is 0 Å². The molecule has 3 nitrogen and oxygen atoms in total. The lowest BCUT2D eigenvalue weighted by Crippen LogP contribution is -2.40. The zero-order chi connectivity index (χ0) is 7.61. The lowest BCUT2D eigenvalue weighted by molar-refractivity contribution is 0.181. The highest BCUT2D eigenvalue weighted by Gasteiger charge is 2.34. The summed E-state index contributed by atoms with van der Waals surface area (Å²) in [5, 5.41) is 17.6. The zero-order valence-corrected chi connectivity index (χ0v) is 6.08. The van der Waals surface area contributed by atoms with E-state index in [1.807, 2.05) is 0 Å². The van der Waals surface area contributed by atoms with E-state index in [4.69, 9.17) is 15.9 Å². The molecule has 0 saturated heterocycles. The predicted molar refractivity (Wildman–Crippen MR) is 38.4 cm³/mol. The van der Waals surface area contributed by atoms with Crippen LogP contribution in [0.4, 0.5) is 0 Å². The second-order valence-corrected chi connectivity index (χ2v) is 3.31. The highest BCUT2D eigenvalue weighted by Crippen LogP contribution is 2.31. The standard InChI is InChI=1S/C7H15NO2/c8-7(5-10)2-1-6(3-7)4-9/h6,9-10H,1-5,8H2. The minimum atomic E-state index is -0.395. The molecule has 0 aromatic rings. The van der Waals surface area contributed by atoms with E-state index in [0.717, 1.165) is 19.3 Å². The molecule has 1 fully saturated rings. The van der Waals surface area contributed by atoms with Gasteiger partial charge < -0.3 is 15.9 Å². The molecule has 1 saturated carbocycles. The molecule has 2 unspecified atom stereocenters. The quantitative estimate of drug-likeness (QED) is 0.489. The summed E-state index contributed by atoms with van der Waals surface area (Å²) < 4.78 is 0. The van der Waals surface area contributed by atoms with E-state index in [0.29, 0.717) is 5.92 Å². The molecule has 0 aromatic carbocycles. The maximum absolute atomic E-state index is 8.83. The van der Waals surface area contributed by atoms with Crippen LogP contribution in [0.25, 0.3) is 0 Å². The monoisotopic (exact) mass is 145 g/mol. The fourth-order valence-corrected chi connectivity index (χ4v) is 1.57. The number of nitrogens with two attached hydrogens (primary N) is 1. The Hall–Kier alpha value is -0.120. The van der Waals surface area contributed by atoms with Gasteiger partial charge in [0.15, 0.2) is 0 Å². The zero-order valence-electron chi connectivity index (χ0n) is 6.08. The van der Waals surface area contributed by atoms with Crippen molar-refractivity contribution in [1.29, 1.82) is 0 Å². The van der Waals surface area contributed by atoms with Gasteiger partial charge in [0.1, 0.15) is 0 Å². The average molecular weight is 145 g/mol. The Balaban J connectivity index is 2.41. The van der Waals surface area contributed by atoms with Crippen LogP contribution >= 0.6 is 0 Å². The summed E-state index contributed by atoms with van der Waals surface area (Å²) in [6.45, 7) is 0.252. The van der Waals surface area contributed by atoms with E-state index >= 15 is 0 Å². The first kappa shape index (κ1) is 7.98. The molecule has 0 spiro atoms. The second-order valence-electron chi connectivity index (χ2n) is 3.31. The summed E-state index contributed by atoms with van der Waals surface area (Å²) in [6.07, 6.45) is 2.56. The molecule has 0 radical (unpaired) electrons. The van der Waals surface area contributed by atoms with Crippen molar-refractivity contribution in [2.24, 2.45) is 11.7 Å². The van der Waals surface area contributed by atoms with Crippen LogP contribution in [0.2, 0.25) is 0 Å². The number of hydrogen-bond acceptors (Lipinski definition) is 3. The summed E-state index contributed by atoms with van der Waals surface area (Å²) in [6, 6.07) is 0. The van der Waals surface area contributed by atoms with Gasteiger partial charge in [0.25, 0.3) is 0 Å². The highest BCUT2D eigenvalue weighted by atomic mass is 16.3. The van der Waals surface area contributed by atoms with Gasteiger partial charge in [0.2, 0.25) is 0 Å². The molecular formula is C7H15NO2. The van der Waals surface area contributed by atoms with Gasteiger partial charge in [0.05, 0.1) is 6.61 Å². The van der Waals surface area contributed by atoms with Crippen molar-refractivity contribution in [1.82, 2.24) is 0 Å². The highest BCUT2D eigenvalue weighted by molar-refractivity contribution is 4.92. The van der Waals surface area contributed by atoms with Gasteiger partial charge in [-0.25, -0.2) is 0 Å². The van der Waals surface area contributed by atoms with E-state index in [-0.39, 0.29) is 13.2 Å². The maximum Gasteiger partial charge on any atom is 0.0611 e. The molecule has 0 amide bonds. The Labute approximate surface area is 60.9 Å². The van der Waals surface area contributed by atoms with Gasteiger partial charge in [-0.1, -0.05) is 0 Å². The molecule has 0 heterocycles. The van der Waals surface area contributed by atoms with Gasteiger partial charge in [0, 0.05) is 12.1 Å². The van der Waals surface area contributed by atoms with Crippen LogP contribution in [-0.2, 0) is 0 Å². The Bertz CT molecular complexity index is 118. The summed E-state index contributed by atoms with van der Waals surface area (Å²) >= 11 is 0. The smallest absolute Gasteiger partial charge is 0.0611 e. The van der Waals surface area contributed by atoms with Crippen molar-refractivity contribution in [3.05, 3.63) is 0 Å². The first-order valence-corrected chi connectivity index (χ1v) is 3.71. The van der Waals surface area contributed by atoms with Gasteiger partial charge in [-0.3, -0.25) is 0 Å². The molecule has 1 aliphatic carbocycles. The van der Waals surface area contributed by atoms with Gasteiger partial charge in [-0.15, -0.1) is 0 Å². The largest absolute Gasteiger partial charge is 0.396 e. The number of aliphatic hydroxyl groups excluding tert-OH is 2. The molecular weight excluding hydrogens is 130 g/mol. The van der Waals surface area contributed by atoms with Crippen LogP contribution in [0.3, 0.4) is 0 Å². The van der Waals surface area contributed by atoms with E-state index in [9.17, 15) is 0 Å². The van der Waals surface area contributed by atoms with Crippen LogP contribution in [0.1, 0.15) is 19.3 Å². The van der Waals surface area contributed by atoms with Crippen molar-refractivity contribution in [3.63, 3.8) is 0 Å². The third-order valence-electron chi connectivity index (χ3n) is 2.32. The molecule has 2 atom stereocenters. The molecule has 3 heteroatoms. The van der Waals surface area contributed by atoms with Crippen LogP contribution in [0, 0.1) is 5.92 Å². The Kier molecular flexibility index (Phi) is 2.28. The second kappa shape index (κ2) is 2.86. The molecule has 1 aliphatic rings. The van der Waals surface area contributed by atoms with Gasteiger partial charge in [-0.05, 0) is 25.2 Å². The molecule has 10 heavy (non-hydrogen) atoms. The predicted octanol–water partition coefficient (Wildman–Crippen LogP) is -0.531. The van der Waals surface area contributed by atoms with Gasteiger partial charge >= 0.3 is 0 Å². The first-order valence-electron chi connectivity index (χ1n) is 3.71. The van der Waals surface area contributed by atoms with E-state index < -0.39 is 5.54 Å². The molecule has 0 bridgehead atoms. The summed E-state index contributed by atoms with van der Waals surface area (Å²) in [7, 11) is 0. The van der Waals surface area contributed by atoms with Crippen molar-refractivity contribution in [2.75, 3.05) is 13.2 Å². The van der Waals surface area contributed by atoms with Crippen molar-refractivity contribution >= 4 is 0 Å². The molecule has 1 rings (SSSR count). The molecule has 0 aliphatic heterocycles. The number of aliphatic hydroxyl groups is 2. The fourth-order valence-electron chi connectivity index (χ4n) is 1.57. The molecule has 0 aromatic heterocycles. The minimum Gasteiger partial charge on any atom is -0.396 e.